The summed E-state index contributed by atoms with van der Waals surface area (Å²) in [6.07, 6.45) is -3.46. The number of hydrogen-bond donors (Lipinski definition) is 2. The molecule has 0 aliphatic heterocycles. The molecule has 1 amide bonds. The fraction of sp³-hybridized carbons (Fsp3) is 0.206. The molecule has 0 bridgehead atoms. The zero-order valence-corrected chi connectivity index (χ0v) is 29.8. The first-order valence-electron chi connectivity index (χ1n) is 15.2. The lowest BCUT2D eigenvalue weighted by atomic mass is 10.1. The molecule has 0 aromatic heterocycles. The number of carbonyl (C=O) groups excluding carboxylic acids is 3. The monoisotopic (exact) mass is 804 g/mol. The second-order valence-electron chi connectivity index (χ2n) is 11.3. The van der Waals surface area contributed by atoms with Gasteiger partial charge in [0, 0.05) is 22.3 Å². The molecule has 0 heterocycles. The third-order valence-corrected chi connectivity index (χ3v) is 9.53. The molecule has 0 aliphatic rings. The Labute approximate surface area is 305 Å². The van der Waals surface area contributed by atoms with Crippen LogP contribution < -0.4 is 19.7 Å². The number of carbonyl (C=O) groups is 3. The number of sulfonamides is 2. The average Bonchev–Trinajstić information content (AvgIpc) is 3.08. The number of nitrogens with two attached hydrogens (primary N) is 1. The fourth-order valence-corrected chi connectivity index (χ4v) is 6.32. The molecule has 0 saturated carbocycles. The lowest BCUT2D eigenvalue weighted by Crippen LogP contribution is -2.39. The number of benzene rings is 4. The van der Waals surface area contributed by atoms with Crippen molar-refractivity contribution in [1.29, 1.82) is 0 Å². The molecule has 0 atom stereocenters. The third-order valence-electron chi connectivity index (χ3n) is 7.27. The molecular weight excluding hydrogens is 774 g/mol. The zero-order valence-electron chi connectivity index (χ0n) is 28.2. The van der Waals surface area contributed by atoms with Crippen LogP contribution in [0.3, 0.4) is 0 Å². The molecule has 4 aromatic carbocycles. The highest BCUT2D eigenvalue weighted by Gasteiger charge is 2.38. The summed E-state index contributed by atoms with van der Waals surface area (Å²) >= 11 is 0. The van der Waals surface area contributed by atoms with Crippen LogP contribution in [0, 0.1) is 23.3 Å². The second-order valence-corrected chi connectivity index (χ2v) is 15.1. The largest absolute Gasteiger partial charge is 0.471 e. The highest BCUT2D eigenvalue weighted by atomic mass is 32.2. The van der Waals surface area contributed by atoms with Gasteiger partial charge in [-0.3, -0.25) is 23.0 Å². The van der Waals surface area contributed by atoms with Crippen LogP contribution in [0.15, 0.2) is 84.9 Å². The number of rotatable bonds is 13. The van der Waals surface area contributed by atoms with Crippen LogP contribution in [-0.4, -0.2) is 66.1 Å². The Bertz CT molecular complexity index is 2250. The summed E-state index contributed by atoms with van der Waals surface area (Å²) in [6.45, 7) is -2.27. The van der Waals surface area contributed by atoms with E-state index in [0.29, 0.717) is 10.4 Å². The summed E-state index contributed by atoms with van der Waals surface area (Å²) in [5.74, 6) is -7.13. The number of hydrogen-bond acceptors (Lipinski definition) is 8. The average molecular weight is 805 g/mol. The van der Waals surface area contributed by atoms with E-state index >= 15 is 0 Å². The van der Waals surface area contributed by atoms with E-state index in [9.17, 15) is 62.0 Å². The van der Waals surface area contributed by atoms with Gasteiger partial charge in [-0.15, -0.1) is 0 Å². The summed E-state index contributed by atoms with van der Waals surface area (Å²) in [5, 5.41) is 1.37. The highest BCUT2D eigenvalue weighted by Crippen LogP contribution is 2.26. The Morgan fingerprint density at radius 2 is 1.02 bits per heavy atom. The summed E-state index contributed by atoms with van der Waals surface area (Å²) < 4.78 is 142. The predicted octanol–water partition coefficient (Wildman–Crippen LogP) is 4.86. The molecule has 11 nitrogen and oxygen atoms in total. The Morgan fingerprint density at radius 3 is 1.35 bits per heavy atom. The topological polar surface area (TPSA) is 164 Å². The lowest BCUT2D eigenvalue weighted by molar-refractivity contribution is -0.173. The molecule has 0 fully saturated rings. The smallest absolute Gasteiger partial charge is 0.341 e. The van der Waals surface area contributed by atoms with Crippen molar-refractivity contribution >= 4 is 48.9 Å². The standard InChI is InChI=1S/C18H15F5N2O4S.C16H16F2N2O3S/c1-30(28,29)25(15-5-3-2-4-13(15)19)10-12-7-6-11(8-14(12)20)16(26)9-24-17(27)18(21,22)23;1-24(22,23)20(15-5-3-2-4-13(15)17)10-12-7-6-11(8-14(12)18)16(21)9-19/h2-8H,9-10H2,1H3,(H,24,27);2-8H,9-10,19H2,1H3. The molecule has 3 N–H and O–H groups in total. The Balaban J connectivity index is 0.000000297. The molecule has 0 spiro atoms. The first-order chi connectivity index (χ1) is 25.0. The van der Waals surface area contributed by atoms with Crippen molar-refractivity contribution in [2.75, 3.05) is 34.2 Å². The zero-order chi connectivity index (χ0) is 40.6. The van der Waals surface area contributed by atoms with E-state index in [0.717, 1.165) is 47.1 Å². The maximum Gasteiger partial charge on any atom is 0.471 e. The van der Waals surface area contributed by atoms with Crippen molar-refractivity contribution in [2.24, 2.45) is 5.73 Å². The number of anilines is 2. The minimum Gasteiger partial charge on any atom is -0.341 e. The third kappa shape index (κ3) is 11.6. The SMILES string of the molecule is CS(=O)(=O)N(Cc1ccc(C(=O)CN)cc1F)c1ccccc1F.CS(=O)(=O)N(Cc1ccc(C(=O)CNC(=O)C(F)(F)F)cc1F)c1ccccc1F. The van der Waals surface area contributed by atoms with E-state index < -0.39 is 86.6 Å². The van der Waals surface area contributed by atoms with E-state index in [1.807, 2.05) is 0 Å². The van der Waals surface area contributed by atoms with Gasteiger partial charge >= 0.3 is 12.1 Å². The number of alkyl halides is 3. The van der Waals surface area contributed by atoms with Gasteiger partial charge in [-0.25, -0.2) is 34.4 Å². The van der Waals surface area contributed by atoms with Gasteiger partial charge < -0.3 is 11.1 Å². The van der Waals surface area contributed by atoms with Crippen LogP contribution in [0.4, 0.5) is 42.1 Å². The molecule has 0 saturated heterocycles. The number of para-hydroxylation sites is 2. The van der Waals surface area contributed by atoms with Crippen molar-refractivity contribution in [2.45, 2.75) is 19.3 Å². The second kappa shape index (κ2) is 17.7. The van der Waals surface area contributed by atoms with Gasteiger partial charge in [0.15, 0.2) is 11.6 Å². The van der Waals surface area contributed by atoms with E-state index in [1.54, 1.807) is 0 Å². The van der Waals surface area contributed by atoms with Crippen LogP contribution in [0.5, 0.6) is 0 Å². The van der Waals surface area contributed by atoms with Gasteiger partial charge in [-0.2, -0.15) is 13.2 Å². The van der Waals surface area contributed by atoms with Crippen molar-refractivity contribution in [3.63, 3.8) is 0 Å². The first-order valence-corrected chi connectivity index (χ1v) is 18.9. The molecule has 0 radical (unpaired) electrons. The minimum atomic E-state index is -5.17. The maximum absolute atomic E-state index is 14.4. The van der Waals surface area contributed by atoms with Crippen LogP contribution >= 0.6 is 0 Å². The summed E-state index contributed by atoms with van der Waals surface area (Å²) in [4.78, 5) is 34.1. The van der Waals surface area contributed by atoms with E-state index in [-0.39, 0.29) is 40.2 Å². The minimum absolute atomic E-state index is 0.0113. The normalized spacial score (nSPS) is 11.6. The molecule has 20 heteroatoms. The molecular formula is C34H31F7N4O7S2. The Kier molecular flexibility index (Phi) is 14.1. The van der Waals surface area contributed by atoms with E-state index in [1.165, 1.54) is 53.8 Å². The van der Waals surface area contributed by atoms with Crippen LogP contribution in [-0.2, 0) is 37.9 Å². The molecule has 290 valence electrons. The van der Waals surface area contributed by atoms with Crippen LogP contribution in [0.2, 0.25) is 0 Å². The van der Waals surface area contributed by atoms with Gasteiger partial charge in [0.1, 0.15) is 23.3 Å². The van der Waals surface area contributed by atoms with Gasteiger partial charge in [-0.1, -0.05) is 48.5 Å². The van der Waals surface area contributed by atoms with Crippen LogP contribution in [0.25, 0.3) is 0 Å². The predicted molar refractivity (Wildman–Crippen MR) is 184 cm³/mol. The van der Waals surface area contributed by atoms with Gasteiger partial charge in [0.05, 0.1) is 50.1 Å². The fourth-order valence-electron chi connectivity index (χ4n) is 4.56. The van der Waals surface area contributed by atoms with Gasteiger partial charge in [-0.05, 0) is 36.4 Å². The van der Waals surface area contributed by atoms with Crippen molar-refractivity contribution in [3.8, 4) is 0 Å². The summed E-state index contributed by atoms with van der Waals surface area (Å²) in [7, 11) is -7.86. The number of Topliss-reactive ketones (excluding diaryl/α,β-unsaturated/α-hetero) is 2. The number of nitrogens with one attached hydrogen (secondary N) is 1. The molecule has 4 aromatic rings. The first kappa shape index (κ1) is 43.1. The van der Waals surface area contributed by atoms with E-state index in [2.05, 4.69) is 0 Å². The Hall–Kier alpha value is -5.34. The van der Waals surface area contributed by atoms with E-state index in [4.69, 9.17) is 5.73 Å². The number of amides is 1. The van der Waals surface area contributed by atoms with Crippen molar-refractivity contribution in [1.82, 2.24) is 5.32 Å². The molecule has 54 heavy (non-hydrogen) atoms. The Morgan fingerprint density at radius 1 is 0.630 bits per heavy atom. The number of halogens is 7. The molecule has 0 unspecified atom stereocenters. The van der Waals surface area contributed by atoms with Crippen molar-refractivity contribution < 1.29 is 62.0 Å². The summed E-state index contributed by atoms with van der Waals surface area (Å²) in [6, 6.07) is 16.7. The summed E-state index contributed by atoms with van der Waals surface area (Å²) in [5.41, 5.74) is 4.29. The number of nitrogens with zero attached hydrogens (tertiary/aromatic N) is 2. The van der Waals surface area contributed by atoms with Gasteiger partial charge in [0.2, 0.25) is 20.0 Å². The molecule has 4 rings (SSSR count). The quantitative estimate of drug-likeness (QED) is 0.143. The number of ketones is 2. The van der Waals surface area contributed by atoms with Crippen LogP contribution in [0.1, 0.15) is 31.8 Å². The maximum atomic E-state index is 14.4. The molecule has 0 aliphatic carbocycles. The van der Waals surface area contributed by atoms with Gasteiger partial charge in [0.25, 0.3) is 0 Å². The van der Waals surface area contributed by atoms with Crippen molar-refractivity contribution in [3.05, 3.63) is 130 Å². The lowest BCUT2D eigenvalue weighted by Gasteiger charge is -2.23. The highest BCUT2D eigenvalue weighted by molar-refractivity contribution is 7.92.